The molecule has 0 spiro atoms. The van der Waals surface area contributed by atoms with Gasteiger partial charge in [0.1, 0.15) is 17.4 Å². The highest BCUT2D eigenvalue weighted by atomic mass is 32.1. The second kappa shape index (κ2) is 6.90. The fourth-order valence-corrected chi connectivity index (χ4v) is 4.11. The molecule has 5 rings (SSSR count). The zero-order valence-corrected chi connectivity index (χ0v) is 15.5. The fraction of sp³-hybridized carbons (Fsp3) is 0.0455. The molecule has 0 aliphatic carbocycles. The molecule has 0 bridgehead atoms. The maximum absolute atomic E-state index is 12.4. The number of fused-ring (bicyclic) bond motifs is 3. The lowest BCUT2D eigenvalue weighted by atomic mass is 10.0. The van der Waals surface area contributed by atoms with Gasteiger partial charge in [-0.25, -0.2) is 4.98 Å². The van der Waals surface area contributed by atoms with Crippen LogP contribution in [0.15, 0.2) is 77.2 Å². The van der Waals surface area contributed by atoms with E-state index in [0.717, 1.165) is 38.7 Å². The van der Waals surface area contributed by atoms with E-state index in [1.54, 1.807) is 23.1 Å². The number of rotatable bonds is 4. The van der Waals surface area contributed by atoms with Crippen molar-refractivity contribution in [1.29, 1.82) is 0 Å². The van der Waals surface area contributed by atoms with Crippen LogP contribution in [0.1, 0.15) is 11.5 Å². The lowest BCUT2D eigenvalue weighted by Gasteiger charge is -2.06. The highest BCUT2D eigenvalue weighted by molar-refractivity contribution is 7.17. The predicted molar refractivity (Wildman–Crippen MR) is 112 cm³/mol. The quantitative estimate of drug-likeness (QED) is 0.470. The number of carbonyl (C=O) groups is 1. The average Bonchev–Trinajstić information content (AvgIpc) is 3.32. The number of aliphatic imine (C=N–C) groups is 1. The van der Waals surface area contributed by atoms with Crippen molar-refractivity contribution in [3.63, 3.8) is 0 Å². The Morgan fingerprint density at radius 1 is 1.00 bits per heavy atom. The molecule has 136 valence electrons. The number of thiazole rings is 1. The summed E-state index contributed by atoms with van der Waals surface area (Å²) in [4.78, 5) is 21.3. The normalized spacial score (nSPS) is 15.7. The molecule has 1 aliphatic heterocycles. The van der Waals surface area contributed by atoms with E-state index in [4.69, 9.17) is 4.74 Å². The number of ether oxygens (including phenoxy) is 1. The Balaban J connectivity index is 1.38. The summed E-state index contributed by atoms with van der Waals surface area (Å²) in [5.74, 6) is 1.04. The van der Waals surface area contributed by atoms with E-state index in [9.17, 15) is 4.79 Å². The minimum atomic E-state index is -0.417. The first-order valence-electron chi connectivity index (χ1n) is 8.82. The highest BCUT2D eigenvalue weighted by Crippen LogP contribution is 2.39. The Morgan fingerprint density at radius 3 is 2.61 bits per heavy atom. The maximum Gasteiger partial charge on any atom is 0.237 e. The lowest BCUT2D eigenvalue weighted by Crippen LogP contribution is -2.12. The third kappa shape index (κ3) is 3.04. The molecule has 0 saturated carbocycles. The van der Waals surface area contributed by atoms with E-state index in [1.807, 2.05) is 66.7 Å². The van der Waals surface area contributed by atoms with Crippen LogP contribution in [0.2, 0.25) is 0 Å². The summed E-state index contributed by atoms with van der Waals surface area (Å²) in [7, 11) is 0. The minimum absolute atomic E-state index is 0.0660. The predicted octanol–water partition coefficient (Wildman–Crippen LogP) is 5.53. The van der Waals surface area contributed by atoms with Crippen molar-refractivity contribution in [2.45, 2.75) is 5.92 Å². The van der Waals surface area contributed by atoms with Gasteiger partial charge in [-0.3, -0.25) is 9.79 Å². The maximum atomic E-state index is 12.4. The van der Waals surface area contributed by atoms with Crippen LogP contribution in [0.3, 0.4) is 0 Å². The molecule has 1 atom stereocenters. The van der Waals surface area contributed by atoms with E-state index in [-0.39, 0.29) is 5.91 Å². The van der Waals surface area contributed by atoms with Crippen molar-refractivity contribution >= 4 is 45.0 Å². The summed E-state index contributed by atoms with van der Waals surface area (Å²) in [5.41, 5.74) is 5.26. The van der Waals surface area contributed by atoms with Gasteiger partial charge in [0.05, 0.1) is 21.4 Å². The molecule has 3 aromatic carbocycles. The lowest BCUT2D eigenvalue weighted by molar-refractivity contribution is -0.115. The van der Waals surface area contributed by atoms with E-state index < -0.39 is 5.92 Å². The highest BCUT2D eigenvalue weighted by Gasteiger charge is 2.31. The number of anilines is 1. The number of carbonyl (C=O) groups excluding carboxylic acids is 1. The number of amides is 1. The molecule has 1 aromatic heterocycles. The SMILES string of the molecule is O=C1Nc2ccc3ncsc3c2C1C=Nc1ccc(Oc2ccccc2)cc1. The minimum Gasteiger partial charge on any atom is -0.457 e. The molecule has 28 heavy (non-hydrogen) atoms. The molecule has 5 nitrogen and oxygen atoms in total. The van der Waals surface area contributed by atoms with Crippen molar-refractivity contribution in [2.24, 2.45) is 4.99 Å². The van der Waals surface area contributed by atoms with Gasteiger partial charge in [-0.1, -0.05) is 18.2 Å². The van der Waals surface area contributed by atoms with Gasteiger partial charge in [0, 0.05) is 17.5 Å². The van der Waals surface area contributed by atoms with Crippen LogP contribution in [0.4, 0.5) is 11.4 Å². The molecule has 2 heterocycles. The number of benzene rings is 3. The zero-order valence-electron chi connectivity index (χ0n) is 14.7. The van der Waals surface area contributed by atoms with E-state index in [0.29, 0.717) is 0 Å². The standard InChI is InChI=1S/C22H15N3O2S/c26-22-17(20-18(25-22)10-11-19-21(20)28-13-24-19)12-23-14-6-8-16(9-7-14)27-15-4-2-1-3-5-15/h1-13,17H,(H,25,26). The Kier molecular flexibility index (Phi) is 4.10. The Labute approximate surface area is 165 Å². The van der Waals surface area contributed by atoms with Crippen molar-refractivity contribution in [3.05, 3.63) is 77.8 Å². The number of aromatic nitrogens is 1. The van der Waals surface area contributed by atoms with Crippen LogP contribution in [0.25, 0.3) is 10.2 Å². The van der Waals surface area contributed by atoms with Crippen molar-refractivity contribution in [3.8, 4) is 11.5 Å². The third-order valence-electron chi connectivity index (χ3n) is 4.58. The van der Waals surface area contributed by atoms with Crippen LogP contribution in [0.5, 0.6) is 11.5 Å². The smallest absolute Gasteiger partial charge is 0.237 e. The van der Waals surface area contributed by atoms with E-state index >= 15 is 0 Å². The molecule has 1 unspecified atom stereocenters. The van der Waals surface area contributed by atoms with Crippen molar-refractivity contribution < 1.29 is 9.53 Å². The molecular weight excluding hydrogens is 370 g/mol. The van der Waals surface area contributed by atoms with Crippen LogP contribution in [-0.2, 0) is 4.79 Å². The van der Waals surface area contributed by atoms with Gasteiger partial charge < -0.3 is 10.1 Å². The molecule has 4 aromatic rings. The Hall–Kier alpha value is -3.51. The summed E-state index contributed by atoms with van der Waals surface area (Å²) in [6, 6.07) is 20.9. The van der Waals surface area contributed by atoms with Gasteiger partial charge in [-0.15, -0.1) is 11.3 Å². The second-order valence-electron chi connectivity index (χ2n) is 6.38. The molecule has 1 amide bonds. The number of nitrogens with one attached hydrogen (secondary N) is 1. The number of hydrogen-bond acceptors (Lipinski definition) is 5. The van der Waals surface area contributed by atoms with Crippen LogP contribution in [-0.4, -0.2) is 17.1 Å². The third-order valence-corrected chi connectivity index (χ3v) is 5.45. The molecule has 6 heteroatoms. The molecule has 0 fully saturated rings. The van der Waals surface area contributed by atoms with Gasteiger partial charge in [0.25, 0.3) is 0 Å². The second-order valence-corrected chi connectivity index (χ2v) is 7.24. The van der Waals surface area contributed by atoms with Crippen LogP contribution < -0.4 is 10.1 Å². The number of hydrogen-bond donors (Lipinski definition) is 1. The first-order valence-corrected chi connectivity index (χ1v) is 9.70. The first-order chi connectivity index (χ1) is 13.8. The van der Waals surface area contributed by atoms with Crippen LogP contribution in [0, 0.1) is 0 Å². The first kappa shape index (κ1) is 16.6. The Bertz CT molecular complexity index is 1180. The van der Waals surface area contributed by atoms with Gasteiger partial charge in [-0.05, 0) is 48.5 Å². The molecule has 0 radical (unpaired) electrons. The van der Waals surface area contributed by atoms with E-state index in [1.165, 1.54) is 0 Å². The average molecular weight is 385 g/mol. The summed E-state index contributed by atoms with van der Waals surface area (Å²) < 4.78 is 6.82. The molecule has 0 saturated heterocycles. The molecule has 1 N–H and O–H groups in total. The summed E-state index contributed by atoms with van der Waals surface area (Å²) >= 11 is 1.54. The summed E-state index contributed by atoms with van der Waals surface area (Å²) in [5, 5.41) is 2.93. The number of para-hydroxylation sites is 1. The van der Waals surface area contributed by atoms with Crippen LogP contribution >= 0.6 is 11.3 Å². The summed E-state index contributed by atoms with van der Waals surface area (Å²) in [6.07, 6.45) is 1.70. The van der Waals surface area contributed by atoms with E-state index in [2.05, 4.69) is 15.3 Å². The fourth-order valence-electron chi connectivity index (χ4n) is 3.24. The molecular formula is C22H15N3O2S. The monoisotopic (exact) mass is 385 g/mol. The van der Waals surface area contributed by atoms with Gasteiger partial charge in [0.2, 0.25) is 5.91 Å². The van der Waals surface area contributed by atoms with Crippen molar-refractivity contribution in [2.75, 3.05) is 5.32 Å². The van der Waals surface area contributed by atoms with Gasteiger partial charge in [0.15, 0.2) is 0 Å². The Morgan fingerprint density at radius 2 is 1.79 bits per heavy atom. The van der Waals surface area contributed by atoms with Gasteiger partial charge >= 0.3 is 0 Å². The topological polar surface area (TPSA) is 63.6 Å². The molecule has 1 aliphatic rings. The summed E-state index contributed by atoms with van der Waals surface area (Å²) in [6.45, 7) is 0. The van der Waals surface area contributed by atoms with Gasteiger partial charge in [-0.2, -0.15) is 0 Å². The zero-order chi connectivity index (χ0) is 18.9. The largest absolute Gasteiger partial charge is 0.457 e. The van der Waals surface area contributed by atoms with Crippen molar-refractivity contribution in [1.82, 2.24) is 4.98 Å². The number of nitrogens with zero attached hydrogens (tertiary/aromatic N) is 2.